The second kappa shape index (κ2) is 8.39. The fourth-order valence-electron chi connectivity index (χ4n) is 3.41. The molecule has 11 nitrogen and oxygen atoms in total. The molecule has 0 bridgehead atoms. The fraction of sp³-hybridized carbons (Fsp3) is 0.438. The highest BCUT2D eigenvalue weighted by Crippen LogP contribution is 2.39. The zero-order valence-corrected chi connectivity index (χ0v) is 17.2. The van der Waals surface area contributed by atoms with Crippen LogP contribution >= 0.6 is 24.0 Å². The lowest BCUT2D eigenvalue weighted by molar-refractivity contribution is -0.155. The average molecular weight is 441 g/mol. The number of carbonyl (C=O) groups excluding carboxylic acids is 2. The van der Waals surface area contributed by atoms with Gasteiger partial charge in [-0.15, -0.1) is 11.3 Å². The number of anilines is 1. The van der Waals surface area contributed by atoms with Gasteiger partial charge in [-0.05, 0) is 12.0 Å². The fourth-order valence-corrected chi connectivity index (χ4v) is 4.48. The van der Waals surface area contributed by atoms with Gasteiger partial charge in [0.2, 0.25) is 0 Å². The zero-order chi connectivity index (χ0) is 21.3. The Bertz CT molecular complexity index is 913. The number of thiol groups is 1. The molecule has 2 aliphatic heterocycles. The Balaban J connectivity index is 1.83. The number of aliphatic carboxylic acids is 1. The molecule has 1 saturated heterocycles. The molecule has 0 aliphatic carbocycles. The Kier molecular flexibility index (Phi) is 6.10. The lowest BCUT2D eigenvalue weighted by Crippen LogP contribution is -2.75. The molecule has 1 unspecified atom stereocenters. The lowest BCUT2D eigenvalue weighted by Gasteiger charge is -2.52. The first-order chi connectivity index (χ1) is 13.8. The number of fused-ring (bicyclic) bond motifs is 1. The molecule has 13 heteroatoms. The predicted molar refractivity (Wildman–Crippen MR) is 107 cm³/mol. The van der Waals surface area contributed by atoms with E-state index in [9.17, 15) is 19.5 Å². The van der Waals surface area contributed by atoms with E-state index in [1.807, 2.05) is 0 Å². The third kappa shape index (κ3) is 3.80. The first-order valence-electron chi connectivity index (χ1n) is 8.38. The Morgan fingerprint density at radius 2 is 2.24 bits per heavy atom. The molecule has 3 rings (SSSR count). The summed E-state index contributed by atoms with van der Waals surface area (Å²) >= 11 is 5.63. The number of rotatable bonds is 7. The number of hydrogen-bond donors (Lipinski definition) is 4. The van der Waals surface area contributed by atoms with Crippen LogP contribution in [0.25, 0.3) is 0 Å². The molecule has 0 radical (unpaired) electrons. The number of nitrogen functional groups attached to an aromatic ring is 1. The summed E-state index contributed by atoms with van der Waals surface area (Å²) in [7, 11) is 2.71. The van der Waals surface area contributed by atoms with Crippen LogP contribution in [0.3, 0.4) is 0 Å². The van der Waals surface area contributed by atoms with E-state index in [0.29, 0.717) is 12.0 Å². The number of carbonyl (C=O) groups is 3. The van der Waals surface area contributed by atoms with Crippen LogP contribution < -0.4 is 11.1 Å². The highest BCUT2D eigenvalue weighted by molar-refractivity contribution is 7.81. The Morgan fingerprint density at radius 3 is 2.79 bits per heavy atom. The predicted octanol–water partition coefficient (Wildman–Crippen LogP) is -0.541. The van der Waals surface area contributed by atoms with Crippen LogP contribution in [-0.4, -0.2) is 76.6 Å². The summed E-state index contributed by atoms with van der Waals surface area (Å²) in [6.45, 7) is 0.0715. The molecule has 0 saturated carbocycles. The lowest BCUT2D eigenvalue weighted by atomic mass is 9.83. The molecule has 1 fully saturated rings. The molecule has 2 amide bonds. The smallest absolute Gasteiger partial charge is 0.352 e. The number of β-lactam (4-membered cyclic amide) rings is 1. The first kappa shape index (κ1) is 21.1. The maximum Gasteiger partial charge on any atom is 0.352 e. The standard InChI is InChI=1S/C16H19N5O6S2/c1-26-4-6-3-8(28)12-10(14(23)21(12)11(6)15(24)25)19-13(22)9(20-27-2)7-5-29-16(17)18-7/h5,8,10,12,28H,3-4H2,1-2H3,(H2,17,18)(H,19,22)(H,24,25)/b20-9-/t8?,10-,12+/m1/s1. The van der Waals surface area contributed by atoms with Crippen molar-refractivity contribution in [3.8, 4) is 0 Å². The van der Waals surface area contributed by atoms with Crippen LogP contribution in [0.2, 0.25) is 0 Å². The maximum atomic E-state index is 12.7. The first-order valence-corrected chi connectivity index (χ1v) is 9.78. The van der Waals surface area contributed by atoms with Crippen molar-refractivity contribution in [2.75, 3.05) is 26.6 Å². The summed E-state index contributed by atoms with van der Waals surface area (Å²) < 4.78 is 5.05. The van der Waals surface area contributed by atoms with E-state index < -0.39 is 29.9 Å². The number of carboxylic acids is 1. The van der Waals surface area contributed by atoms with E-state index in [1.165, 1.54) is 19.6 Å². The van der Waals surface area contributed by atoms with Crippen LogP contribution in [0.1, 0.15) is 12.1 Å². The van der Waals surface area contributed by atoms with Gasteiger partial charge in [0.05, 0.1) is 12.6 Å². The Hall–Kier alpha value is -2.64. The van der Waals surface area contributed by atoms with Gasteiger partial charge in [0, 0.05) is 17.7 Å². The number of nitrogens with one attached hydrogen (secondary N) is 1. The molecule has 3 atom stereocenters. The van der Waals surface area contributed by atoms with Crippen molar-refractivity contribution in [2.24, 2.45) is 5.16 Å². The highest BCUT2D eigenvalue weighted by atomic mass is 32.1. The number of thiazole rings is 1. The van der Waals surface area contributed by atoms with Gasteiger partial charge in [-0.3, -0.25) is 14.5 Å². The molecule has 3 heterocycles. The zero-order valence-electron chi connectivity index (χ0n) is 15.5. The van der Waals surface area contributed by atoms with Crippen molar-refractivity contribution >= 4 is 52.6 Å². The van der Waals surface area contributed by atoms with Crippen LogP contribution in [0.4, 0.5) is 5.13 Å². The van der Waals surface area contributed by atoms with E-state index >= 15 is 0 Å². The van der Waals surface area contributed by atoms with Crippen molar-refractivity contribution in [3.63, 3.8) is 0 Å². The summed E-state index contributed by atoms with van der Waals surface area (Å²) in [4.78, 5) is 47.0. The molecule has 0 spiro atoms. The third-order valence-electron chi connectivity index (χ3n) is 4.54. The van der Waals surface area contributed by atoms with Crippen molar-refractivity contribution in [3.05, 3.63) is 22.3 Å². The van der Waals surface area contributed by atoms with Crippen molar-refractivity contribution < 1.29 is 29.1 Å². The summed E-state index contributed by atoms with van der Waals surface area (Å²) in [5, 5.41) is 17.2. The number of hydrogen-bond acceptors (Lipinski definition) is 10. The van der Waals surface area contributed by atoms with Gasteiger partial charge in [0.1, 0.15) is 24.5 Å². The minimum Gasteiger partial charge on any atom is -0.477 e. The molecule has 1 aromatic rings. The molecular weight excluding hydrogens is 422 g/mol. The van der Waals surface area contributed by atoms with Crippen LogP contribution in [0, 0.1) is 0 Å². The van der Waals surface area contributed by atoms with Gasteiger partial charge >= 0.3 is 5.97 Å². The number of carboxylic acid groups (broad SMARTS) is 1. The van der Waals surface area contributed by atoms with E-state index in [1.54, 1.807) is 0 Å². The van der Waals surface area contributed by atoms with Gasteiger partial charge in [-0.1, -0.05) is 5.16 Å². The highest BCUT2D eigenvalue weighted by Gasteiger charge is 2.56. The molecular formula is C16H19N5O6S2. The Morgan fingerprint density at radius 1 is 1.52 bits per heavy atom. The minimum atomic E-state index is -1.24. The van der Waals surface area contributed by atoms with E-state index in [2.05, 4.69) is 28.1 Å². The van der Waals surface area contributed by atoms with E-state index in [-0.39, 0.29) is 34.1 Å². The monoisotopic (exact) mass is 441 g/mol. The summed E-state index contributed by atoms with van der Waals surface area (Å²) in [6, 6.07) is -1.58. The van der Waals surface area contributed by atoms with E-state index in [0.717, 1.165) is 16.2 Å². The molecule has 29 heavy (non-hydrogen) atoms. The van der Waals surface area contributed by atoms with Crippen LogP contribution in [-0.2, 0) is 24.0 Å². The molecule has 0 aromatic carbocycles. The quantitative estimate of drug-likeness (QED) is 0.190. The number of oxime groups is 1. The molecule has 1 aromatic heterocycles. The van der Waals surface area contributed by atoms with Gasteiger partial charge in [0.15, 0.2) is 10.8 Å². The van der Waals surface area contributed by atoms with Crippen LogP contribution in [0.15, 0.2) is 21.8 Å². The molecule has 156 valence electrons. The summed E-state index contributed by atoms with van der Waals surface area (Å²) in [5.74, 6) is -2.48. The number of nitrogens with zero attached hydrogens (tertiary/aromatic N) is 3. The summed E-state index contributed by atoms with van der Waals surface area (Å²) in [6.07, 6.45) is 0.307. The van der Waals surface area contributed by atoms with Gasteiger partial charge in [0.25, 0.3) is 11.8 Å². The minimum absolute atomic E-state index is 0.0715. The van der Waals surface area contributed by atoms with Crippen LogP contribution in [0.5, 0.6) is 0 Å². The third-order valence-corrected chi connectivity index (χ3v) is 5.70. The number of aromatic nitrogens is 1. The number of ether oxygens (including phenoxy) is 1. The van der Waals surface area contributed by atoms with Gasteiger partial charge in [-0.25, -0.2) is 9.78 Å². The van der Waals surface area contributed by atoms with Crippen molar-refractivity contribution in [1.29, 1.82) is 0 Å². The molecule has 4 N–H and O–H groups in total. The second-order valence-corrected chi connectivity index (χ2v) is 7.86. The number of nitrogens with two attached hydrogens (primary N) is 1. The van der Waals surface area contributed by atoms with Gasteiger partial charge < -0.3 is 25.7 Å². The van der Waals surface area contributed by atoms with Gasteiger partial charge in [-0.2, -0.15) is 12.6 Å². The topological polar surface area (TPSA) is 156 Å². The maximum absolute atomic E-state index is 12.7. The van der Waals surface area contributed by atoms with E-state index in [4.69, 9.17) is 15.3 Å². The largest absolute Gasteiger partial charge is 0.477 e. The van der Waals surface area contributed by atoms with Crippen molar-refractivity contribution in [2.45, 2.75) is 23.8 Å². The number of amides is 2. The number of methoxy groups -OCH3 is 1. The SMILES string of the molecule is COCC1=C(C(=O)O)N2C(=O)[C@H](NC(=O)/C(=N\OC)c3csc(N)n3)[C@@H]2C(S)C1. The second-order valence-electron chi connectivity index (χ2n) is 6.31. The van der Waals surface area contributed by atoms with Crippen molar-refractivity contribution in [1.82, 2.24) is 15.2 Å². The normalized spacial score (nSPS) is 24.1. The summed E-state index contributed by atoms with van der Waals surface area (Å²) in [5.41, 5.74) is 5.99. The Labute approximate surface area is 174 Å². The molecule has 2 aliphatic rings. The average Bonchev–Trinajstić information content (AvgIpc) is 3.09.